The van der Waals surface area contributed by atoms with Gasteiger partial charge in [0, 0.05) is 27.8 Å². The number of nitrogens with one attached hydrogen (secondary N) is 1. The smallest absolute Gasteiger partial charge is 0.147 e. The van der Waals surface area contributed by atoms with E-state index in [-0.39, 0.29) is 0 Å². The van der Waals surface area contributed by atoms with Crippen LogP contribution in [0.1, 0.15) is 17.4 Å². The van der Waals surface area contributed by atoms with Crippen LogP contribution in [0, 0.1) is 0 Å². The Balaban J connectivity index is 1.96. The van der Waals surface area contributed by atoms with Gasteiger partial charge in [-0.2, -0.15) is 0 Å². The quantitative estimate of drug-likeness (QED) is 0.567. The number of rotatable bonds is 6. The van der Waals surface area contributed by atoms with Crippen molar-refractivity contribution in [2.75, 3.05) is 6.61 Å². The Kier molecular flexibility index (Phi) is 6.55. The number of hydrogen-bond donors (Lipinski definition) is 1. The van der Waals surface area contributed by atoms with Crippen LogP contribution in [0.15, 0.2) is 37.0 Å². The van der Waals surface area contributed by atoms with Crippen molar-refractivity contribution < 1.29 is 4.74 Å². The van der Waals surface area contributed by atoms with Crippen molar-refractivity contribution in [3.05, 3.63) is 47.4 Å². The lowest BCUT2D eigenvalue weighted by Crippen LogP contribution is -2.12. The van der Waals surface area contributed by atoms with Gasteiger partial charge in [-0.05, 0) is 78.5 Å². The van der Waals surface area contributed by atoms with Gasteiger partial charge in [-0.15, -0.1) is 11.3 Å². The van der Waals surface area contributed by atoms with Gasteiger partial charge in [0.1, 0.15) is 5.75 Å². The molecule has 0 fully saturated rings. The topological polar surface area (TPSA) is 21.3 Å². The maximum absolute atomic E-state index is 5.58. The van der Waals surface area contributed by atoms with Crippen molar-refractivity contribution >= 4 is 59.1 Å². The van der Waals surface area contributed by atoms with E-state index >= 15 is 0 Å². The molecule has 1 aromatic heterocycles. The molecule has 0 aliphatic carbocycles. The van der Waals surface area contributed by atoms with Crippen molar-refractivity contribution in [3.8, 4) is 5.75 Å². The zero-order valence-corrected chi connectivity index (χ0v) is 16.5. The van der Waals surface area contributed by atoms with Gasteiger partial charge in [-0.1, -0.05) is 0 Å². The molecule has 0 saturated carbocycles. The van der Waals surface area contributed by atoms with Gasteiger partial charge in [0.2, 0.25) is 0 Å². The van der Waals surface area contributed by atoms with Crippen LogP contribution < -0.4 is 10.1 Å². The zero-order chi connectivity index (χ0) is 14.5. The van der Waals surface area contributed by atoms with E-state index in [0.29, 0.717) is 6.61 Å². The Morgan fingerprint density at radius 1 is 1.10 bits per heavy atom. The molecule has 2 aromatic rings. The third-order valence-electron chi connectivity index (χ3n) is 2.60. The molecule has 1 N–H and O–H groups in total. The number of halogens is 3. The third kappa shape index (κ3) is 4.56. The minimum atomic E-state index is 0.655. The molecule has 6 heteroatoms. The van der Waals surface area contributed by atoms with Crippen LogP contribution in [0.5, 0.6) is 5.75 Å². The van der Waals surface area contributed by atoms with Crippen LogP contribution in [-0.4, -0.2) is 6.61 Å². The van der Waals surface area contributed by atoms with Crippen molar-refractivity contribution in [2.45, 2.75) is 20.0 Å². The van der Waals surface area contributed by atoms with Crippen LogP contribution in [0.2, 0.25) is 0 Å². The first kappa shape index (κ1) is 16.5. The Labute approximate surface area is 148 Å². The molecular weight excluding hydrogens is 470 g/mol. The SMILES string of the molecule is CCOc1c(Br)cc(CNCc2cc(Br)cs2)cc1Br. The van der Waals surface area contributed by atoms with Crippen molar-refractivity contribution in [3.63, 3.8) is 0 Å². The summed E-state index contributed by atoms with van der Waals surface area (Å²) in [5.41, 5.74) is 1.21. The van der Waals surface area contributed by atoms with Crippen molar-refractivity contribution in [1.29, 1.82) is 0 Å². The summed E-state index contributed by atoms with van der Waals surface area (Å²) in [7, 11) is 0. The summed E-state index contributed by atoms with van der Waals surface area (Å²) >= 11 is 12.3. The van der Waals surface area contributed by atoms with Gasteiger partial charge in [0.25, 0.3) is 0 Å². The van der Waals surface area contributed by atoms with Crippen LogP contribution in [0.3, 0.4) is 0 Å². The average molecular weight is 484 g/mol. The zero-order valence-electron chi connectivity index (χ0n) is 10.9. The van der Waals surface area contributed by atoms with Crippen LogP contribution in [-0.2, 0) is 13.1 Å². The lowest BCUT2D eigenvalue weighted by Gasteiger charge is -2.11. The second kappa shape index (κ2) is 7.94. The molecular formula is C14H14Br3NOS. The maximum atomic E-state index is 5.58. The highest BCUT2D eigenvalue weighted by Gasteiger charge is 2.08. The number of ether oxygens (including phenoxy) is 1. The predicted molar refractivity (Wildman–Crippen MR) is 95.6 cm³/mol. The first-order valence-corrected chi connectivity index (χ1v) is 9.40. The van der Waals surface area contributed by atoms with Gasteiger partial charge >= 0.3 is 0 Å². The molecule has 0 unspecified atom stereocenters. The molecule has 0 aliphatic rings. The summed E-state index contributed by atoms with van der Waals surface area (Å²) in [6, 6.07) is 6.32. The molecule has 2 rings (SSSR count). The molecule has 20 heavy (non-hydrogen) atoms. The average Bonchev–Trinajstić information content (AvgIpc) is 2.80. The molecule has 0 bridgehead atoms. The summed E-state index contributed by atoms with van der Waals surface area (Å²) in [5.74, 6) is 0.860. The third-order valence-corrected chi connectivity index (χ3v) is 5.47. The standard InChI is InChI=1S/C14H14Br3NOS/c1-2-19-14-12(16)3-9(4-13(14)17)6-18-7-11-5-10(15)8-20-11/h3-5,8,18H,2,6-7H2,1H3. The molecule has 0 radical (unpaired) electrons. The number of thiophene rings is 1. The summed E-state index contributed by atoms with van der Waals surface area (Å²) in [5, 5.41) is 5.54. The van der Waals surface area contributed by atoms with Crippen LogP contribution in [0.25, 0.3) is 0 Å². The number of benzene rings is 1. The van der Waals surface area contributed by atoms with E-state index < -0.39 is 0 Å². The largest absolute Gasteiger partial charge is 0.492 e. The molecule has 2 nitrogen and oxygen atoms in total. The summed E-state index contributed by atoms with van der Waals surface area (Å²) < 4.78 is 8.68. The van der Waals surface area contributed by atoms with E-state index in [1.807, 2.05) is 6.92 Å². The Morgan fingerprint density at radius 2 is 1.80 bits per heavy atom. The van der Waals surface area contributed by atoms with E-state index in [9.17, 15) is 0 Å². The fourth-order valence-corrected chi connectivity index (χ4v) is 4.70. The van der Waals surface area contributed by atoms with Crippen molar-refractivity contribution in [2.24, 2.45) is 0 Å². The number of hydrogen-bond acceptors (Lipinski definition) is 3. The van der Waals surface area contributed by atoms with E-state index in [0.717, 1.165) is 32.3 Å². The lowest BCUT2D eigenvalue weighted by molar-refractivity contribution is 0.336. The Bertz CT molecular complexity index is 563. The monoisotopic (exact) mass is 481 g/mol. The maximum Gasteiger partial charge on any atom is 0.147 e. The van der Waals surface area contributed by atoms with Gasteiger partial charge < -0.3 is 10.1 Å². The highest BCUT2D eigenvalue weighted by molar-refractivity contribution is 9.11. The molecule has 1 heterocycles. The fourth-order valence-electron chi connectivity index (χ4n) is 1.77. The van der Waals surface area contributed by atoms with Gasteiger partial charge in [0.05, 0.1) is 15.6 Å². The second-order valence-electron chi connectivity index (χ2n) is 4.16. The Morgan fingerprint density at radius 3 is 2.35 bits per heavy atom. The second-order valence-corrected chi connectivity index (χ2v) is 7.78. The molecule has 0 saturated heterocycles. The first-order valence-electron chi connectivity index (χ1n) is 6.14. The van der Waals surface area contributed by atoms with Crippen LogP contribution in [0.4, 0.5) is 0 Å². The van der Waals surface area contributed by atoms with Crippen molar-refractivity contribution in [1.82, 2.24) is 5.32 Å². The van der Waals surface area contributed by atoms with Crippen LogP contribution >= 0.6 is 59.1 Å². The molecule has 0 atom stereocenters. The summed E-state index contributed by atoms with van der Waals surface area (Å²) in [6.07, 6.45) is 0. The Hall–Kier alpha value is 0.120. The lowest BCUT2D eigenvalue weighted by atomic mass is 10.2. The van der Waals surface area contributed by atoms with E-state index in [1.54, 1.807) is 11.3 Å². The predicted octanol–water partition coefficient (Wildman–Crippen LogP) is 5.72. The molecule has 108 valence electrons. The molecule has 0 amide bonds. The highest BCUT2D eigenvalue weighted by Crippen LogP contribution is 2.34. The first-order chi connectivity index (χ1) is 9.60. The van der Waals surface area contributed by atoms with E-state index in [2.05, 4.69) is 76.7 Å². The van der Waals surface area contributed by atoms with Gasteiger partial charge in [-0.3, -0.25) is 0 Å². The van der Waals surface area contributed by atoms with Gasteiger partial charge in [0.15, 0.2) is 0 Å². The normalized spacial score (nSPS) is 10.8. The summed E-state index contributed by atoms with van der Waals surface area (Å²) in [6.45, 7) is 4.33. The molecule has 0 spiro atoms. The molecule has 1 aromatic carbocycles. The summed E-state index contributed by atoms with van der Waals surface area (Å²) in [4.78, 5) is 1.32. The minimum Gasteiger partial charge on any atom is -0.492 e. The van der Waals surface area contributed by atoms with E-state index in [4.69, 9.17) is 4.74 Å². The highest BCUT2D eigenvalue weighted by atomic mass is 79.9. The van der Waals surface area contributed by atoms with Gasteiger partial charge in [-0.25, -0.2) is 0 Å². The van der Waals surface area contributed by atoms with E-state index in [1.165, 1.54) is 10.4 Å². The minimum absolute atomic E-state index is 0.655. The fraction of sp³-hybridized carbons (Fsp3) is 0.286. The molecule has 0 aliphatic heterocycles.